The molecule has 1 aromatic heterocycles. The van der Waals surface area contributed by atoms with Crippen LogP contribution in [-0.2, 0) is 6.42 Å². The molecular formula is C12H20N2O. The van der Waals surface area contributed by atoms with Crippen LogP contribution in [-0.4, -0.2) is 34.8 Å². The molecule has 0 radical (unpaired) electrons. The van der Waals surface area contributed by atoms with E-state index >= 15 is 0 Å². The average Bonchev–Trinajstić information content (AvgIpc) is 2.25. The highest BCUT2D eigenvalue weighted by Crippen LogP contribution is 2.02. The molecule has 0 saturated heterocycles. The van der Waals surface area contributed by atoms with Crippen LogP contribution in [0.4, 0.5) is 0 Å². The summed E-state index contributed by atoms with van der Waals surface area (Å²) in [4.78, 5) is 6.12. The molecule has 0 spiro atoms. The lowest BCUT2D eigenvalue weighted by atomic mass is 10.2. The van der Waals surface area contributed by atoms with E-state index in [0.717, 1.165) is 19.5 Å². The predicted molar refractivity (Wildman–Crippen MR) is 61.4 cm³/mol. The van der Waals surface area contributed by atoms with Crippen LogP contribution in [0.15, 0.2) is 24.5 Å². The molecule has 0 amide bonds. The standard InChI is InChI=1S/C12H20N2O/c1-11(2)9-14(10-15)7-5-12-4-3-6-13-8-12/h3-4,6,8,11,15H,5,7,9-10H2,1-2H3. The van der Waals surface area contributed by atoms with Gasteiger partial charge in [-0.2, -0.15) is 0 Å². The van der Waals surface area contributed by atoms with Crippen LogP contribution in [0.2, 0.25) is 0 Å². The number of aliphatic hydroxyl groups is 1. The number of pyridine rings is 1. The third-order valence-electron chi connectivity index (χ3n) is 2.26. The van der Waals surface area contributed by atoms with Crippen molar-refractivity contribution in [2.45, 2.75) is 20.3 Å². The van der Waals surface area contributed by atoms with Gasteiger partial charge >= 0.3 is 0 Å². The van der Waals surface area contributed by atoms with E-state index in [2.05, 4.69) is 29.8 Å². The maximum atomic E-state index is 9.16. The van der Waals surface area contributed by atoms with Gasteiger partial charge in [0.15, 0.2) is 0 Å². The Labute approximate surface area is 91.8 Å². The van der Waals surface area contributed by atoms with Gasteiger partial charge < -0.3 is 5.11 Å². The Morgan fingerprint density at radius 1 is 1.47 bits per heavy atom. The van der Waals surface area contributed by atoms with Gasteiger partial charge in [0.2, 0.25) is 0 Å². The van der Waals surface area contributed by atoms with Crippen molar-refractivity contribution >= 4 is 0 Å². The number of rotatable bonds is 6. The van der Waals surface area contributed by atoms with Crippen molar-refractivity contribution in [3.05, 3.63) is 30.1 Å². The molecule has 0 bridgehead atoms. The minimum Gasteiger partial charge on any atom is -0.381 e. The number of hydrogen-bond acceptors (Lipinski definition) is 3. The van der Waals surface area contributed by atoms with Gasteiger partial charge in [0, 0.05) is 25.5 Å². The van der Waals surface area contributed by atoms with Crippen LogP contribution >= 0.6 is 0 Å². The van der Waals surface area contributed by atoms with Crippen molar-refractivity contribution in [2.75, 3.05) is 19.8 Å². The van der Waals surface area contributed by atoms with Crippen LogP contribution in [0.25, 0.3) is 0 Å². The third-order valence-corrected chi connectivity index (χ3v) is 2.26. The van der Waals surface area contributed by atoms with Crippen molar-refractivity contribution in [3.8, 4) is 0 Å². The molecule has 0 unspecified atom stereocenters. The minimum atomic E-state index is 0.137. The lowest BCUT2D eigenvalue weighted by Crippen LogP contribution is -2.30. The van der Waals surface area contributed by atoms with Gasteiger partial charge in [-0.1, -0.05) is 19.9 Å². The Bertz CT molecular complexity index is 262. The van der Waals surface area contributed by atoms with Crippen molar-refractivity contribution in [1.82, 2.24) is 9.88 Å². The molecule has 1 heterocycles. The molecular weight excluding hydrogens is 188 g/mol. The molecule has 15 heavy (non-hydrogen) atoms. The van der Waals surface area contributed by atoms with Gasteiger partial charge in [-0.05, 0) is 24.0 Å². The fraction of sp³-hybridized carbons (Fsp3) is 0.583. The smallest absolute Gasteiger partial charge is 0.0956 e. The predicted octanol–water partition coefficient (Wildman–Crippen LogP) is 1.53. The highest BCUT2D eigenvalue weighted by atomic mass is 16.3. The summed E-state index contributed by atoms with van der Waals surface area (Å²) in [5, 5.41) is 9.16. The van der Waals surface area contributed by atoms with Crippen molar-refractivity contribution in [3.63, 3.8) is 0 Å². The molecule has 0 aliphatic heterocycles. The highest BCUT2D eigenvalue weighted by Gasteiger charge is 2.05. The van der Waals surface area contributed by atoms with E-state index in [4.69, 9.17) is 5.11 Å². The van der Waals surface area contributed by atoms with Crippen LogP contribution in [0.3, 0.4) is 0 Å². The first-order valence-corrected chi connectivity index (χ1v) is 5.44. The lowest BCUT2D eigenvalue weighted by Gasteiger charge is -2.21. The summed E-state index contributed by atoms with van der Waals surface area (Å²) < 4.78 is 0. The molecule has 3 nitrogen and oxygen atoms in total. The zero-order valence-electron chi connectivity index (χ0n) is 9.56. The van der Waals surface area contributed by atoms with Gasteiger partial charge in [-0.15, -0.1) is 0 Å². The van der Waals surface area contributed by atoms with Gasteiger partial charge in [0.25, 0.3) is 0 Å². The molecule has 1 rings (SSSR count). The molecule has 0 aromatic carbocycles. The number of nitrogens with zero attached hydrogens (tertiary/aromatic N) is 2. The van der Waals surface area contributed by atoms with E-state index in [1.165, 1.54) is 5.56 Å². The summed E-state index contributed by atoms with van der Waals surface area (Å²) in [5.74, 6) is 0.589. The maximum Gasteiger partial charge on any atom is 0.0956 e. The largest absolute Gasteiger partial charge is 0.381 e. The van der Waals surface area contributed by atoms with Crippen molar-refractivity contribution < 1.29 is 5.11 Å². The first-order valence-electron chi connectivity index (χ1n) is 5.44. The molecule has 0 aliphatic carbocycles. The molecule has 0 aliphatic rings. The second-order valence-corrected chi connectivity index (χ2v) is 4.22. The lowest BCUT2D eigenvalue weighted by molar-refractivity contribution is 0.0971. The number of aliphatic hydroxyl groups excluding tert-OH is 1. The third kappa shape index (κ3) is 4.91. The van der Waals surface area contributed by atoms with E-state index in [1.807, 2.05) is 12.3 Å². The van der Waals surface area contributed by atoms with Crippen molar-refractivity contribution in [1.29, 1.82) is 0 Å². The molecule has 84 valence electrons. The normalized spacial score (nSPS) is 11.3. The van der Waals surface area contributed by atoms with Gasteiger partial charge in [0.1, 0.15) is 0 Å². The van der Waals surface area contributed by atoms with E-state index in [1.54, 1.807) is 6.20 Å². The SMILES string of the molecule is CC(C)CN(CO)CCc1cccnc1. The fourth-order valence-corrected chi connectivity index (χ4v) is 1.57. The molecule has 1 aromatic rings. The Morgan fingerprint density at radius 2 is 2.27 bits per heavy atom. The second kappa shape index (κ2) is 6.53. The van der Waals surface area contributed by atoms with E-state index in [9.17, 15) is 0 Å². The Balaban J connectivity index is 2.34. The number of hydrogen-bond donors (Lipinski definition) is 1. The first kappa shape index (κ1) is 12.1. The highest BCUT2D eigenvalue weighted by molar-refractivity contribution is 5.08. The molecule has 0 saturated carbocycles. The minimum absolute atomic E-state index is 0.137. The van der Waals surface area contributed by atoms with E-state index in [0.29, 0.717) is 5.92 Å². The zero-order chi connectivity index (χ0) is 11.1. The number of aromatic nitrogens is 1. The monoisotopic (exact) mass is 208 g/mol. The van der Waals surface area contributed by atoms with E-state index < -0.39 is 0 Å². The Morgan fingerprint density at radius 3 is 2.80 bits per heavy atom. The van der Waals surface area contributed by atoms with Crippen molar-refractivity contribution in [2.24, 2.45) is 5.92 Å². The first-order chi connectivity index (χ1) is 7.22. The maximum absolute atomic E-state index is 9.16. The van der Waals surface area contributed by atoms with Gasteiger partial charge in [-0.25, -0.2) is 0 Å². The van der Waals surface area contributed by atoms with E-state index in [-0.39, 0.29) is 6.73 Å². The molecule has 0 atom stereocenters. The topological polar surface area (TPSA) is 36.4 Å². The summed E-state index contributed by atoms with van der Waals surface area (Å²) in [6.45, 7) is 6.29. The summed E-state index contributed by atoms with van der Waals surface area (Å²) in [7, 11) is 0. The molecule has 1 N–H and O–H groups in total. The summed E-state index contributed by atoms with van der Waals surface area (Å²) in [5.41, 5.74) is 1.22. The van der Waals surface area contributed by atoms with Crippen LogP contribution in [0, 0.1) is 5.92 Å². The Hall–Kier alpha value is -0.930. The fourth-order valence-electron chi connectivity index (χ4n) is 1.57. The Kier molecular flexibility index (Phi) is 5.29. The van der Waals surface area contributed by atoms with Gasteiger partial charge in [0.05, 0.1) is 6.73 Å². The zero-order valence-corrected chi connectivity index (χ0v) is 9.56. The molecule has 0 fully saturated rings. The summed E-state index contributed by atoms with van der Waals surface area (Å²) >= 11 is 0. The summed E-state index contributed by atoms with van der Waals surface area (Å²) in [6, 6.07) is 4.01. The van der Waals surface area contributed by atoms with Crippen LogP contribution < -0.4 is 0 Å². The van der Waals surface area contributed by atoms with Crippen LogP contribution in [0.5, 0.6) is 0 Å². The summed E-state index contributed by atoms with van der Waals surface area (Å²) in [6.07, 6.45) is 4.60. The quantitative estimate of drug-likeness (QED) is 0.720. The van der Waals surface area contributed by atoms with Gasteiger partial charge in [-0.3, -0.25) is 9.88 Å². The second-order valence-electron chi connectivity index (χ2n) is 4.22. The van der Waals surface area contributed by atoms with Crippen LogP contribution in [0.1, 0.15) is 19.4 Å². The average molecular weight is 208 g/mol. The molecule has 3 heteroatoms.